The monoisotopic (exact) mass is 347 g/mol. The molecule has 0 aliphatic carbocycles. The molecule has 0 radical (unpaired) electrons. The van der Waals surface area contributed by atoms with E-state index >= 15 is 0 Å². The molecular weight excluding hydrogens is 322 g/mol. The third-order valence-corrected chi connectivity index (χ3v) is 4.86. The zero-order chi connectivity index (χ0) is 18.4. The molecule has 1 heterocycles. The van der Waals surface area contributed by atoms with Crippen molar-refractivity contribution < 1.29 is 9.21 Å². The Balaban J connectivity index is 1.77. The van der Waals surface area contributed by atoms with Gasteiger partial charge in [-0.15, -0.1) is 0 Å². The molecule has 0 saturated heterocycles. The highest BCUT2D eigenvalue weighted by molar-refractivity contribution is 5.94. The maximum Gasteiger partial charge on any atom is 0.257 e. The minimum absolute atomic E-state index is 0.0163. The quantitative estimate of drug-likeness (QED) is 0.585. The lowest BCUT2D eigenvalue weighted by Crippen LogP contribution is -2.38. The van der Waals surface area contributed by atoms with Crippen molar-refractivity contribution in [3.63, 3.8) is 0 Å². The fraction of sp³-hybridized carbons (Fsp3) is 0.261. The van der Waals surface area contributed by atoms with Crippen LogP contribution in [-0.2, 0) is 13.0 Å². The summed E-state index contributed by atoms with van der Waals surface area (Å²) in [6.07, 6.45) is 4.94. The third kappa shape index (κ3) is 4.42. The van der Waals surface area contributed by atoms with Crippen LogP contribution in [0, 0.1) is 6.92 Å². The largest absolute Gasteiger partial charge is 0.472 e. The van der Waals surface area contributed by atoms with E-state index in [2.05, 4.69) is 50.2 Å². The summed E-state index contributed by atoms with van der Waals surface area (Å²) in [6, 6.07) is 20.5. The van der Waals surface area contributed by atoms with Crippen LogP contribution in [0.15, 0.2) is 77.6 Å². The van der Waals surface area contributed by atoms with Crippen LogP contribution in [-0.4, -0.2) is 16.8 Å². The lowest BCUT2D eigenvalue weighted by molar-refractivity contribution is 0.0666. The molecule has 0 spiro atoms. The average Bonchev–Trinajstić information content (AvgIpc) is 3.20. The van der Waals surface area contributed by atoms with Crippen LogP contribution in [0.25, 0.3) is 0 Å². The fourth-order valence-corrected chi connectivity index (χ4v) is 3.13. The molecule has 0 N–H and O–H groups in total. The van der Waals surface area contributed by atoms with Crippen LogP contribution in [0.2, 0.25) is 0 Å². The first kappa shape index (κ1) is 18.0. The van der Waals surface area contributed by atoms with Gasteiger partial charge in [0.05, 0.1) is 11.8 Å². The smallest absolute Gasteiger partial charge is 0.257 e. The number of amides is 1. The summed E-state index contributed by atoms with van der Waals surface area (Å²) < 4.78 is 5.12. The number of nitrogens with zero attached hydrogens (tertiary/aromatic N) is 1. The highest BCUT2D eigenvalue weighted by Gasteiger charge is 2.23. The summed E-state index contributed by atoms with van der Waals surface area (Å²) in [5.74, 6) is 0.0163. The minimum Gasteiger partial charge on any atom is -0.472 e. The van der Waals surface area contributed by atoms with Gasteiger partial charge in [0, 0.05) is 12.6 Å². The maximum absolute atomic E-state index is 13.0. The van der Waals surface area contributed by atoms with E-state index in [1.807, 2.05) is 23.1 Å². The van der Waals surface area contributed by atoms with E-state index in [-0.39, 0.29) is 11.9 Å². The molecule has 3 heteroatoms. The van der Waals surface area contributed by atoms with E-state index in [1.54, 1.807) is 12.3 Å². The van der Waals surface area contributed by atoms with Crippen molar-refractivity contribution in [1.29, 1.82) is 0 Å². The summed E-state index contributed by atoms with van der Waals surface area (Å²) in [5.41, 5.74) is 4.28. The van der Waals surface area contributed by atoms with E-state index in [0.29, 0.717) is 12.1 Å². The molecule has 26 heavy (non-hydrogen) atoms. The van der Waals surface area contributed by atoms with Crippen LogP contribution >= 0.6 is 0 Å². The van der Waals surface area contributed by atoms with Gasteiger partial charge in [-0.2, -0.15) is 0 Å². The predicted molar refractivity (Wildman–Crippen MR) is 104 cm³/mol. The average molecular weight is 347 g/mol. The van der Waals surface area contributed by atoms with Gasteiger partial charge in [0.15, 0.2) is 0 Å². The lowest BCUT2D eigenvalue weighted by Gasteiger charge is -2.30. The van der Waals surface area contributed by atoms with Gasteiger partial charge in [0.1, 0.15) is 6.26 Å². The summed E-state index contributed by atoms with van der Waals surface area (Å²) >= 11 is 0. The molecular formula is C23H25NO2. The SMILES string of the molecule is Cc1ccccc1CN(C(=O)c1ccoc1)[C@@H](C)CCc1ccccc1. The second kappa shape index (κ2) is 8.52. The van der Waals surface area contributed by atoms with Crippen molar-refractivity contribution in [1.82, 2.24) is 4.90 Å². The van der Waals surface area contributed by atoms with E-state index in [1.165, 1.54) is 23.0 Å². The lowest BCUT2D eigenvalue weighted by atomic mass is 10.0. The predicted octanol–water partition coefficient (Wildman–Crippen LogP) is 5.25. The molecule has 3 nitrogen and oxygen atoms in total. The van der Waals surface area contributed by atoms with Crippen LogP contribution in [0.3, 0.4) is 0 Å². The molecule has 2 aromatic carbocycles. The number of benzene rings is 2. The molecule has 1 aromatic heterocycles. The highest BCUT2D eigenvalue weighted by atomic mass is 16.3. The standard InChI is InChI=1S/C23H25NO2/c1-18-8-6-7-11-21(18)16-24(23(25)22-14-15-26-17-22)19(2)12-13-20-9-4-3-5-10-20/h3-11,14-15,17,19H,12-13,16H2,1-2H3/t19-/m0/s1. The molecule has 3 aromatic rings. The van der Waals surface area contributed by atoms with Crippen molar-refractivity contribution in [2.45, 2.75) is 39.3 Å². The Bertz CT molecular complexity index is 824. The van der Waals surface area contributed by atoms with Gasteiger partial charge in [-0.25, -0.2) is 0 Å². The topological polar surface area (TPSA) is 33.5 Å². The Morgan fingerprint density at radius 2 is 1.77 bits per heavy atom. The summed E-state index contributed by atoms with van der Waals surface area (Å²) in [7, 11) is 0. The van der Waals surface area contributed by atoms with Crippen LogP contribution < -0.4 is 0 Å². The van der Waals surface area contributed by atoms with E-state index in [9.17, 15) is 4.79 Å². The number of carbonyl (C=O) groups excluding carboxylic acids is 1. The summed E-state index contributed by atoms with van der Waals surface area (Å²) in [6.45, 7) is 4.82. The maximum atomic E-state index is 13.0. The van der Waals surface area contributed by atoms with Gasteiger partial charge in [0.2, 0.25) is 0 Å². The molecule has 134 valence electrons. The van der Waals surface area contributed by atoms with Crippen LogP contribution in [0.4, 0.5) is 0 Å². The Labute approximate surface area is 155 Å². The number of furan rings is 1. The molecule has 0 bridgehead atoms. The normalized spacial score (nSPS) is 11.9. The molecule has 1 atom stereocenters. The zero-order valence-electron chi connectivity index (χ0n) is 15.4. The Hall–Kier alpha value is -2.81. The number of carbonyl (C=O) groups is 1. The van der Waals surface area contributed by atoms with Gasteiger partial charge >= 0.3 is 0 Å². The van der Waals surface area contributed by atoms with Gasteiger partial charge in [-0.05, 0) is 49.4 Å². The Morgan fingerprint density at radius 1 is 1.04 bits per heavy atom. The highest BCUT2D eigenvalue weighted by Crippen LogP contribution is 2.19. The number of hydrogen-bond donors (Lipinski definition) is 0. The molecule has 1 amide bonds. The zero-order valence-corrected chi connectivity index (χ0v) is 15.4. The second-order valence-corrected chi connectivity index (χ2v) is 6.74. The molecule has 0 saturated carbocycles. The van der Waals surface area contributed by atoms with E-state index < -0.39 is 0 Å². The molecule has 0 unspecified atom stereocenters. The van der Waals surface area contributed by atoms with Gasteiger partial charge in [-0.3, -0.25) is 4.79 Å². The third-order valence-electron chi connectivity index (χ3n) is 4.86. The van der Waals surface area contributed by atoms with Crippen molar-refractivity contribution in [3.05, 3.63) is 95.4 Å². The van der Waals surface area contributed by atoms with E-state index in [0.717, 1.165) is 12.8 Å². The fourth-order valence-electron chi connectivity index (χ4n) is 3.13. The minimum atomic E-state index is 0.0163. The van der Waals surface area contributed by atoms with Crippen molar-refractivity contribution in [2.75, 3.05) is 0 Å². The number of hydrogen-bond acceptors (Lipinski definition) is 2. The molecule has 3 rings (SSSR count). The first-order valence-electron chi connectivity index (χ1n) is 9.06. The number of rotatable bonds is 7. The number of aryl methyl sites for hydroxylation is 2. The van der Waals surface area contributed by atoms with Crippen LogP contribution in [0.1, 0.15) is 40.4 Å². The first-order valence-corrected chi connectivity index (χ1v) is 9.06. The Kier molecular flexibility index (Phi) is 5.90. The van der Waals surface area contributed by atoms with Gasteiger partial charge in [0.25, 0.3) is 5.91 Å². The van der Waals surface area contributed by atoms with Crippen molar-refractivity contribution in [3.8, 4) is 0 Å². The van der Waals surface area contributed by atoms with E-state index in [4.69, 9.17) is 4.42 Å². The van der Waals surface area contributed by atoms with Crippen molar-refractivity contribution >= 4 is 5.91 Å². The first-order chi connectivity index (χ1) is 12.6. The summed E-state index contributed by atoms with van der Waals surface area (Å²) in [5, 5.41) is 0. The van der Waals surface area contributed by atoms with Crippen LogP contribution in [0.5, 0.6) is 0 Å². The summed E-state index contributed by atoms with van der Waals surface area (Å²) in [4.78, 5) is 15.0. The molecule has 0 fully saturated rings. The van der Waals surface area contributed by atoms with Gasteiger partial charge < -0.3 is 9.32 Å². The van der Waals surface area contributed by atoms with Crippen molar-refractivity contribution in [2.24, 2.45) is 0 Å². The Morgan fingerprint density at radius 3 is 2.46 bits per heavy atom. The second-order valence-electron chi connectivity index (χ2n) is 6.74. The molecule has 0 aliphatic rings. The van der Waals surface area contributed by atoms with Gasteiger partial charge in [-0.1, -0.05) is 54.6 Å². The molecule has 0 aliphatic heterocycles.